The van der Waals surface area contributed by atoms with Crippen molar-refractivity contribution in [1.29, 1.82) is 0 Å². The number of rotatable bonds is 5. The Morgan fingerprint density at radius 3 is 2.80 bits per heavy atom. The number of carbonyl (C=O) groups is 1. The van der Waals surface area contributed by atoms with E-state index in [1.54, 1.807) is 18.3 Å². The van der Waals surface area contributed by atoms with E-state index in [9.17, 15) is 4.79 Å². The molecule has 0 spiro atoms. The van der Waals surface area contributed by atoms with Gasteiger partial charge < -0.3 is 5.32 Å². The molecular formula is C14H14ClN3OS. The maximum atomic E-state index is 12.2. The summed E-state index contributed by atoms with van der Waals surface area (Å²) in [5.74, 6) is 0.414. The molecule has 0 aromatic carbocycles. The van der Waals surface area contributed by atoms with E-state index in [1.165, 1.54) is 18.0 Å². The molecule has 0 unspecified atom stereocenters. The molecule has 2 rings (SSSR count). The number of pyridine rings is 2. The highest BCUT2D eigenvalue weighted by Crippen LogP contribution is 2.24. The van der Waals surface area contributed by atoms with Crippen molar-refractivity contribution in [3.05, 3.63) is 47.7 Å². The maximum Gasteiger partial charge on any atom is 0.239 e. The Hall–Kier alpha value is -1.59. The predicted molar refractivity (Wildman–Crippen MR) is 82.0 cm³/mol. The first kappa shape index (κ1) is 14.8. The standard InChI is InChI=1S/C14H14ClN3OS/c1-2-11(20-13-5-3-4-8-16-13)14(19)18-12-7-6-10(15)9-17-12/h3-9,11H,2H2,1H3,(H,17,18,19)/t11-/m0/s1. The first-order chi connectivity index (χ1) is 9.69. The molecule has 1 atom stereocenters. The summed E-state index contributed by atoms with van der Waals surface area (Å²) in [6.45, 7) is 1.97. The molecule has 0 fully saturated rings. The molecule has 0 aliphatic rings. The van der Waals surface area contributed by atoms with E-state index >= 15 is 0 Å². The van der Waals surface area contributed by atoms with Crippen molar-refractivity contribution in [1.82, 2.24) is 9.97 Å². The van der Waals surface area contributed by atoms with Crippen LogP contribution in [0.4, 0.5) is 5.82 Å². The second kappa shape index (κ2) is 7.26. The molecule has 0 radical (unpaired) electrons. The minimum absolute atomic E-state index is 0.0852. The van der Waals surface area contributed by atoms with E-state index in [4.69, 9.17) is 11.6 Å². The Balaban J connectivity index is 2.00. The fourth-order valence-electron chi connectivity index (χ4n) is 1.54. The molecule has 104 valence electrons. The number of amides is 1. The van der Waals surface area contributed by atoms with Gasteiger partial charge in [0, 0.05) is 12.4 Å². The van der Waals surface area contributed by atoms with Gasteiger partial charge in [-0.25, -0.2) is 9.97 Å². The molecule has 4 nitrogen and oxygen atoms in total. The summed E-state index contributed by atoms with van der Waals surface area (Å²) in [6.07, 6.45) is 3.93. The number of anilines is 1. The lowest BCUT2D eigenvalue weighted by Gasteiger charge is -2.13. The lowest BCUT2D eigenvalue weighted by atomic mass is 10.3. The Kier molecular flexibility index (Phi) is 5.38. The van der Waals surface area contributed by atoms with Crippen LogP contribution in [0.1, 0.15) is 13.3 Å². The molecule has 6 heteroatoms. The summed E-state index contributed by atoms with van der Waals surface area (Å²) in [5, 5.41) is 3.95. The summed E-state index contributed by atoms with van der Waals surface area (Å²) in [4.78, 5) is 20.5. The molecule has 0 saturated heterocycles. The summed E-state index contributed by atoms with van der Waals surface area (Å²) < 4.78 is 0. The van der Waals surface area contributed by atoms with Gasteiger partial charge in [0.1, 0.15) is 5.82 Å². The van der Waals surface area contributed by atoms with Crippen LogP contribution in [0.2, 0.25) is 5.02 Å². The van der Waals surface area contributed by atoms with Crippen LogP contribution in [0, 0.1) is 0 Å². The van der Waals surface area contributed by atoms with Gasteiger partial charge >= 0.3 is 0 Å². The SMILES string of the molecule is CC[C@H](Sc1ccccn1)C(=O)Nc1ccc(Cl)cn1. The molecule has 1 amide bonds. The van der Waals surface area contributed by atoms with Crippen molar-refractivity contribution in [2.24, 2.45) is 0 Å². The minimum Gasteiger partial charge on any atom is -0.310 e. The van der Waals surface area contributed by atoms with Crippen LogP contribution in [0.15, 0.2) is 47.8 Å². The largest absolute Gasteiger partial charge is 0.310 e. The molecule has 2 aromatic heterocycles. The molecule has 2 heterocycles. The second-order valence-electron chi connectivity index (χ2n) is 4.03. The van der Waals surface area contributed by atoms with Crippen molar-refractivity contribution in [2.45, 2.75) is 23.6 Å². The smallest absolute Gasteiger partial charge is 0.239 e. The number of carbonyl (C=O) groups excluding carboxylic acids is 1. The van der Waals surface area contributed by atoms with E-state index in [2.05, 4.69) is 15.3 Å². The number of halogens is 1. The van der Waals surface area contributed by atoms with Gasteiger partial charge in [0.25, 0.3) is 0 Å². The van der Waals surface area contributed by atoms with Gasteiger partial charge in [-0.05, 0) is 30.7 Å². The molecule has 0 saturated carbocycles. The number of thioether (sulfide) groups is 1. The molecule has 2 aromatic rings. The van der Waals surface area contributed by atoms with E-state index in [-0.39, 0.29) is 11.2 Å². The van der Waals surface area contributed by atoms with E-state index in [1.807, 2.05) is 25.1 Å². The van der Waals surface area contributed by atoms with Gasteiger partial charge in [0.15, 0.2) is 0 Å². The second-order valence-corrected chi connectivity index (χ2v) is 5.69. The molecule has 0 aliphatic heterocycles. The van der Waals surface area contributed by atoms with Crippen LogP contribution in [0.3, 0.4) is 0 Å². The van der Waals surface area contributed by atoms with E-state index in [0.29, 0.717) is 17.3 Å². The third kappa shape index (κ3) is 4.21. The number of hydrogen-bond acceptors (Lipinski definition) is 4. The van der Waals surface area contributed by atoms with Crippen LogP contribution in [0.5, 0.6) is 0 Å². The van der Waals surface area contributed by atoms with Crippen LogP contribution < -0.4 is 5.32 Å². The molecular weight excluding hydrogens is 294 g/mol. The van der Waals surface area contributed by atoms with Crippen LogP contribution in [0.25, 0.3) is 0 Å². The maximum absolute atomic E-state index is 12.2. The van der Waals surface area contributed by atoms with Gasteiger partial charge in [-0.2, -0.15) is 0 Å². The first-order valence-corrected chi connectivity index (χ1v) is 7.45. The van der Waals surface area contributed by atoms with Gasteiger partial charge in [0.2, 0.25) is 5.91 Å². The van der Waals surface area contributed by atoms with Crippen molar-refractivity contribution in [3.8, 4) is 0 Å². The topological polar surface area (TPSA) is 54.9 Å². The van der Waals surface area contributed by atoms with Gasteiger partial charge in [-0.1, -0.05) is 36.4 Å². The first-order valence-electron chi connectivity index (χ1n) is 6.19. The van der Waals surface area contributed by atoms with Gasteiger partial charge in [-0.3, -0.25) is 4.79 Å². The fraction of sp³-hybridized carbons (Fsp3) is 0.214. The predicted octanol–water partition coefficient (Wildman–Crippen LogP) is 3.64. The monoisotopic (exact) mass is 307 g/mol. The third-order valence-corrected chi connectivity index (χ3v) is 4.08. The van der Waals surface area contributed by atoms with Crippen molar-refractivity contribution >= 4 is 35.1 Å². The molecule has 1 N–H and O–H groups in total. The summed E-state index contributed by atoms with van der Waals surface area (Å²) in [7, 11) is 0. The Bertz CT molecular complexity index is 562. The molecule has 0 bridgehead atoms. The Labute approximate surface area is 127 Å². The summed E-state index contributed by atoms with van der Waals surface area (Å²) >= 11 is 7.20. The average Bonchev–Trinajstić information content (AvgIpc) is 2.48. The zero-order valence-corrected chi connectivity index (χ0v) is 12.5. The van der Waals surface area contributed by atoms with E-state index < -0.39 is 0 Å². The quantitative estimate of drug-likeness (QED) is 0.857. The lowest BCUT2D eigenvalue weighted by Crippen LogP contribution is -2.25. The van der Waals surface area contributed by atoms with Crippen LogP contribution >= 0.6 is 23.4 Å². The number of aromatic nitrogens is 2. The van der Waals surface area contributed by atoms with Crippen molar-refractivity contribution < 1.29 is 4.79 Å². The average molecular weight is 308 g/mol. The zero-order chi connectivity index (χ0) is 14.4. The van der Waals surface area contributed by atoms with Gasteiger partial charge in [0.05, 0.1) is 15.3 Å². The van der Waals surface area contributed by atoms with Crippen molar-refractivity contribution in [2.75, 3.05) is 5.32 Å². The zero-order valence-electron chi connectivity index (χ0n) is 10.9. The fourth-order valence-corrected chi connectivity index (χ4v) is 2.56. The van der Waals surface area contributed by atoms with Crippen molar-refractivity contribution in [3.63, 3.8) is 0 Å². The molecule has 20 heavy (non-hydrogen) atoms. The van der Waals surface area contributed by atoms with Crippen LogP contribution in [-0.4, -0.2) is 21.1 Å². The summed E-state index contributed by atoms with van der Waals surface area (Å²) in [5.41, 5.74) is 0. The van der Waals surface area contributed by atoms with E-state index in [0.717, 1.165) is 5.03 Å². The highest BCUT2D eigenvalue weighted by molar-refractivity contribution is 8.00. The third-order valence-electron chi connectivity index (χ3n) is 2.54. The number of nitrogens with one attached hydrogen (secondary N) is 1. The molecule has 0 aliphatic carbocycles. The normalized spacial score (nSPS) is 11.9. The number of nitrogens with zero attached hydrogens (tertiary/aromatic N) is 2. The minimum atomic E-state index is -0.206. The summed E-state index contributed by atoms with van der Waals surface area (Å²) in [6, 6.07) is 9.01. The highest BCUT2D eigenvalue weighted by atomic mass is 35.5. The lowest BCUT2D eigenvalue weighted by molar-refractivity contribution is -0.115. The van der Waals surface area contributed by atoms with Crippen LogP contribution in [-0.2, 0) is 4.79 Å². The number of hydrogen-bond donors (Lipinski definition) is 1. The Morgan fingerprint density at radius 2 is 2.20 bits per heavy atom. The Morgan fingerprint density at radius 1 is 1.35 bits per heavy atom. The van der Waals surface area contributed by atoms with Gasteiger partial charge in [-0.15, -0.1) is 0 Å². The highest BCUT2D eigenvalue weighted by Gasteiger charge is 2.18.